The van der Waals surface area contributed by atoms with Gasteiger partial charge in [-0.3, -0.25) is 0 Å². The summed E-state index contributed by atoms with van der Waals surface area (Å²) in [5, 5.41) is 2.99. The van der Waals surface area contributed by atoms with Crippen LogP contribution in [0.25, 0.3) is 0 Å². The van der Waals surface area contributed by atoms with Crippen molar-refractivity contribution in [3.05, 3.63) is 48.2 Å². The van der Waals surface area contributed by atoms with E-state index >= 15 is 0 Å². The maximum absolute atomic E-state index is 5.83. The van der Waals surface area contributed by atoms with Crippen LogP contribution in [0.1, 0.15) is 25.3 Å². The Morgan fingerprint density at radius 1 is 1.11 bits per heavy atom. The molecule has 1 heterocycles. The van der Waals surface area contributed by atoms with E-state index in [4.69, 9.17) is 4.74 Å². The van der Waals surface area contributed by atoms with Crippen LogP contribution in [0.2, 0.25) is 0 Å². The van der Waals surface area contributed by atoms with E-state index in [0.29, 0.717) is 5.92 Å². The number of benzene rings is 1. The zero-order valence-electron chi connectivity index (χ0n) is 11.0. The number of hydrogen-bond donors (Lipinski definition) is 1. The normalized spacial score (nSPS) is 10.4. The van der Waals surface area contributed by atoms with Gasteiger partial charge in [-0.15, -0.1) is 0 Å². The molecule has 0 saturated heterocycles. The second kappa shape index (κ2) is 5.54. The van der Waals surface area contributed by atoms with Gasteiger partial charge in [0.15, 0.2) is 0 Å². The molecular weight excluding hydrogens is 224 g/mol. The molecule has 0 radical (unpaired) electrons. The first-order chi connectivity index (χ1) is 8.69. The van der Waals surface area contributed by atoms with Crippen LogP contribution in [0.4, 0.5) is 5.82 Å². The molecule has 3 nitrogen and oxygen atoms in total. The van der Waals surface area contributed by atoms with Crippen LogP contribution in [0.5, 0.6) is 11.5 Å². The number of aromatic nitrogens is 1. The fraction of sp³-hybridized carbons (Fsp3) is 0.267. The van der Waals surface area contributed by atoms with Crippen LogP contribution in [0.3, 0.4) is 0 Å². The minimum absolute atomic E-state index is 0.499. The Hall–Kier alpha value is -2.03. The van der Waals surface area contributed by atoms with E-state index in [9.17, 15) is 0 Å². The third-order valence-electron chi connectivity index (χ3n) is 2.75. The van der Waals surface area contributed by atoms with Gasteiger partial charge >= 0.3 is 0 Å². The van der Waals surface area contributed by atoms with Gasteiger partial charge in [0, 0.05) is 19.3 Å². The monoisotopic (exact) mass is 242 g/mol. The summed E-state index contributed by atoms with van der Waals surface area (Å²) in [5.41, 5.74) is 1.27. The lowest BCUT2D eigenvalue weighted by molar-refractivity contribution is 0.481. The molecule has 0 unspecified atom stereocenters. The molecule has 1 aromatic carbocycles. The maximum Gasteiger partial charge on any atom is 0.132 e. The second-order valence-electron chi connectivity index (χ2n) is 4.46. The predicted octanol–water partition coefficient (Wildman–Crippen LogP) is 4.04. The highest BCUT2D eigenvalue weighted by molar-refractivity contribution is 5.42. The molecule has 2 rings (SSSR count). The van der Waals surface area contributed by atoms with Gasteiger partial charge < -0.3 is 10.1 Å². The average Bonchev–Trinajstić information content (AvgIpc) is 2.39. The lowest BCUT2D eigenvalue weighted by Crippen LogP contribution is -1.93. The number of rotatable bonds is 4. The van der Waals surface area contributed by atoms with E-state index in [-0.39, 0.29) is 0 Å². The molecule has 94 valence electrons. The molecule has 0 fully saturated rings. The van der Waals surface area contributed by atoms with Gasteiger partial charge in [0.25, 0.3) is 0 Å². The maximum atomic E-state index is 5.83. The number of anilines is 1. The Kier molecular flexibility index (Phi) is 3.82. The van der Waals surface area contributed by atoms with E-state index in [0.717, 1.165) is 17.3 Å². The summed E-state index contributed by atoms with van der Waals surface area (Å²) in [5.74, 6) is 2.94. The first-order valence-electron chi connectivity index (χ1n) is 6.10. The predicted molar refractivity (Wildman–Crippen MR) is 74.4 cm³/mol. The molecule has 0 atom stereocenters. The summed E-state index contributed by atoms with van der Waals surface area (Å²) in [6.45, 7) is 4.34. The van der Waals surface area contributed by atoms with Gasteiger partial charge in [0.2, 0.25) is 0 Å². The van der Waals surface area contributed by atoms with Crippen molar-refractivity contribution >= 4 is 5.82 Å². The van der Waals surface area contributed by atoms with Crippen LogP contribution < -0.4 is 10.1 Å². The Bertz CT molecular complexity index is 523. The molecule has 3 heteroatoms. The van der Waals surface area contributed by atoms with Gasteiger partial charge in [-0.2, -0.15) is 0 Å². The second-order valence-corrected chi connectivity index (χ2v) is 4.46. The molecule has 1 N–H and O–H groups in total. The molecule has 0 saturated carbocycles. The molecular formula is C15H18N2O. The van der Waals surface area contributed by atoms with Crippen molar-refractivity contribution in [3.8, 4) is 11.5 Å². The fourth-order valence-corrected chi connectivity index (χ4v) is 1.68. The zero-order chi connectivity index (χ0) is 13.0. The van der Waals surface area contributed by atoms with Crippen LogP contribution in [-0.2, 0) is 0 Å². The number of nitrogens with one attached hydrogen (secondary N) is 1. The van der Waals surface area contributed by atoms with E-state index < -0.39 is 0 Å². The van der Waals surface area contributed by atoms with Crippen molar-refractivity contribution in [2.24, 2.45) is 0 Å². The molecule has 0 aliphatic rings. The molecule has 0 amide bonds. The molecule has 0 aliphatic heterocycles. The van der Waals surface area contributed by atoms with Gasteiger partial charge in [0.05, 0.1) is 0 Å². The van der Waals surface area contributed by atoms with E-state index in [1.807, 2.05) is 31.3 Å². The Morgan fingerprint density at radius 3 is 2.61 bits per heavy atom. The van der Waals surface area contributed by atoms with Crippen LogP contribution in [0, 0.1) is 0 Å². The van der Waals surface area contributed by atoms with E-state index in [1.165, 1.54) is 5.56 Å². The molecule has 0 aliphatic carbocycles. The Balaban J connectivity index is 2.20. The lowest BCUT2D eigenvalue weighted by Gasteiger charge is -2.10. The fourth-order valence-electron chi connectivity index (χ4n) is 1.68. The van der Waals surface area contributed by atoms with Gasteiger partial charge in [-0.05, 0) is 29.7 Å². The van der Waals surface area contributed by atoms with Crippen molar-refractivity contribution in [2.45, 2.75) is 19.8 Å². The van der Waals surface area contributed by atoms with Crippen molar-refractivity contribution in [1.29, 1.82) is 0 Å². The number of pyridine rings is 1. The molecule has 0 bridgehead atoms. The van der Waals surface area contributed by atoms with Crippen LogP contribution >= 0.6 is 0 Å². The quantitative estimate of drug-likeness (QED) is 0.878. The summed E-state index contributed by atoms with van der Waals surface area (Å²) < 4.78 is 5.83. The SMILES string of the molecule is CNc1cc(Oc2cccc(C(C)C)c2)ccn1. The van der Waals surface area contributed by atoms with Gasteiger partial charge in [-0.25, -0.2) is 4.98 Å². The molecule has 0 spiro atoms. The molecule has 18 heavy (non-hydrogen) atoms. The van der Waals surface area contributed by atoms with Crippen molar-refractivity contribution in [2.75, 3.05) is 12.4 Å². The first-order valence-corrected chi connectivity index (χ1v) is 6.10. The Morgan fingerprint density at radius 2 is 1.89 bits per heavy atom. The standard InChI is InChI=1S/C15H18N2O/c1-11(2)12-5-4-6-13(9-12)18-14-7-8-17-15(10-14)16-3/h4-11H,1-3H3,(H,16,17). The highest BCUT2D eigenvalue weighted by Crippen LogP contribution is 2.25. The van der Waals surface area contributed by atoms with Crippen molar-refractivity contribution in [1.82, 2.24) is 4.98 Å². The highest BCUT2D eigenvalue weighted by Gasteiger charge is 2.03. The third kappa shape index (κ3) is 3.00. The number of nitrogens with zero attached hydrogens (tertiary/aromatic N) is 1. The van der Waals surface area contributed by atoms with Crippen molar-refractivity contribution in [3.63, 3.8) is 0 Å². The lowest BCUT2D eigenvalue weighted by atomic mass is 10.0. The Labute approximate surface area is 108 Å². The van der Waals surface area contributed by atoms with Crippen LogP contribution in [0.15, 0.2) is 42.6 Å². The molecule has 2 aromatic rings. The number of hydrogen-bond acceptors (Lipinski definition) is 3. The largest absolute Gasteiger partial charge is 0.457 e. The molecule has 1 aromatic heterocycles. The summed E-state index contributed by atoms with van der Waals surface area (Å²) in [4.78, 5) is 4.15. The van der Waals surface area contributed by atoms with Gasteiger partial charge in [0.1, 0.15) is 17.3 Å². The van der Waals surface area contributed by atoms with E-state index in [1.54, 1.807) is 6.20 Å². The summed E-state index contributed by atoms with van der Waals surface area (Å²) in [6, 6.07) is 11.9. The van der Waals surface area contributed by atoms with Crippen LogP contribution in [-0.4, -0.2) is 12.0 Å². The summed E-state index contributed by atoms with van der Waals surface area (Å²) in [7, 11) is 1.84. The van der Waals surface area contributed by atoms with Gasteiger partial charge in [-0.1, -0.05) is 26.0 Å². The minimum Gasteiger partial charge on any atom is -0.457 e. The van der Waals surface area contributed by atoms with E-state index in [2.05, 4.69) is 36.3 Å². The van der Waals surface area contributed by atoms with Crippen molar-refractivity contribution < 1.29 is 4.74 Å². The zero-order valence-corrected chi connectivity index (χ0v) is 11.0. The highest BCUT2D eigenvalue weighted by atomic mass is 16.5. The summed E-state index contributed by atoms with van der Waals surface area (Å²) in [6.07, 6.45) is 1.73. The first kappa shape index (κ1) is 12.4. The number of ether oxygens (including phenoxy) is 1. The minimum atomic E-state index is 0.499. The smallest absolute Gasteiger partial charge is 0.132 e. The summed E-state index contributed by atoms with van der Waals surface area (Å²) >= 11 is 0. The topological polar surface area (TPSA) is 34.1 Å². The third-order valence-corrected chi connectivity index (χ3v) is 2.75. The average molecular weight is 242 g/mol.